The number of carbonyl (C=O) groups excluding carboxylic acids is 1. The van der Waals surface area contributed by atoms with Crippen LogP contribution in [-0.4, -0.2) is 52.3 Å². The summed E-state index contributed by atoms with van der Waals surface area (Å²) in [5.74, 6) is -1.10. The summed E-state index contributed by atoms with van der Waals surface area (Å²) in [6.07, 6.45) is -0.404. The highest BCUT2D eigenvalue weighted by atomic mass is 16.4. The van der Waals surface area contributed by atoms with E-state index in [0.717, 1.165) is 0 Å². The van der Waals surface area contributed by atoms with Crippen LogP contribution in [0.3, 0.4) is 0 Å². The van der Waals surface area contributed by atoms with Crippen molar-refractivity contribution in [3.05, 3.63) is 0 Å². The van der Waals surface area contributed by atoms with Gasteiger partial charge in [0.25, 0.3) is 0 Å². The van der Waals surface area contributed by atoms with Crippen LogP contribution in [0.2, 0.25) is 0 Å². The molecule has 0 fully saturated rings. The molecule has 0 bridgehead atoms. The van der Waals surface area contributed by atoms with Crippen molar-refractivity contribution in [1.29, 1.82) is 0 Å². The van der Waals surface area contributed by atoms with E-state index >= 15 is 0 Å². The smallest absolute Gasteiger partial charge is 0.317 e. The normalized spacial score (nSPS) is 14.4. The zero-order valence-corrected chi connectivity index (χ0v) is 10.1. The minimum absolute atomic E-state index is 0.0458. The molecule has 1 unspecified atom stereocenters. The number of nitrogens with one attached hydrogen (secondary N) is 1. The molecule has 3 N–H and O–H groups in total. The Labute approximate surface area is 95.2 Å². The molecule has 16 heavy (non-hydrogen) atoms. The number of carboxylic acids is 1. The number of aliphatic hydroxyl groups is 1. The van der Waals surface area contributed by atoms with Gasteiger partial charge in [-0.15, -0.1) is 0 Å². The SMILES string of the molecule is CC(C)N(C)C(=O)NCC(C)(O)CC(=O)O. The molecule has 0 aliphatic rings. The lowest BCUT2D eigenvalue weighted by atomic mass is 10.0. The molecule has 0 rings (SSSR count). The van der Waals surface area contributed by atoms with Crippen molar-refractivity contribution >= 4 is 12.0 Å². The predicted molar refractivity (Wildman–Crippen MR) is 59.2 cm³/mol. The molecule has 0 spiro atoms. The molecule has 0 aromatic carbocycles. The summed E-state index contributed by atoms with van der Waals surface area (Å²) in [6.45, 7) is 5.00. The quantitative estimate of drug-likeness (QED) is 0.634. The van der Waals surface area contributed by atoms with E-state index in [1.165, 1.54) is 11.8 Å². The van der Waals surface area contributed by atoms with Gasteiger partial charge in [0, 0.05) is 19.6 Å². The standard InChI is InChI=1S/C10H20N2O4/c1-7(2)12(4)9(15)11-6-10(3,16)5-8(13)14/h7,16H,5-6H2,1-4H3,(H,11,15)(H,13,14). The average molecular weight is 232 g/mol. The van der Waals surface area contributed by atoms with Gasteiger partial charge in [-0.25, -0.2) is 4.79 Å². The number of carbonyl (C=O) groups is 2. The van der Waals surface area contributed by atoms with Crippen molar-refractivity contribution in [2.45, 2.75) is 38.8 Å². The van der Waals surface area contributed by atoms with Gasteiger partial charge in [0.15, 0.2) is 0 Å². The number of amides is 2. The second kappa shape index (κ2) is 5.69. The Morgan fingerprint density at radius 3 is 2.31 bits per heavy atom. The maximum Gasteiger partial charge on any atom is 0.317 e. The Balaban J connectivity index is 4.14. The van der Waals surface area contributed by atoms with Gasteiger partial charge in [0.2, 0.25) is 0 Å². The molecule has 0 aromatic heterocycles. The molecule has 6 heteroatoms. The van der Waals surface area contributed by atoms with Crippen LogP contribution >= 0.6 is 0 Å². The highest BCUT2D eigenvalue weighted by Gasteiger charge is 2.25. The van der Waals surface area contributed by atoms with Crippen LogP contribution in [0.15, 0.2) is 0 Å². The van der Waals surface area contributed by atoms with Crippen molar-refractivity contribution in [2.24, 2.45) is 0 Å². The Hall–Kier alpha value is -1.30. The number of aliphatic carboxylic acids is 1. The lowest BCUT2D eigenvalue weighted by Gasteiger charge is -2.26. The summed E-state index contributed by atoms with van der Waals surface area (Å²) in [6, 6.07) is -0.287. The van der Waals surface area contributed by atoms with E-state index in [2.05, 4.69) is 5.32 Å². The first-order valence-corrected chi connectivity index (χ1v) is 5.10. The average Bonchev–Trinajstić information content (AvgIpc) is 2.10. The van der Waals surface area contributed by atoms with Gasteiger partial charge < -0.3 is 20.4 Å². The fraction of sp³-hybridized carbons (Fsp3) is 0.800. The summed E-state index contributed by atoms with van der Waals surface area (Å²) < 4.78 is 0. The van der Waals surface area contributed by atoms with Gasteiger partial charge in [-0.3, -0.25) is 4.79 Å². The van der Waals surface area contributed by atoms with Crippen LogP contribution < -0.4 is 5.32 Å². The van der Waals surface area contributed by atoms with Crippen molar-refractivity contribution in [3.63, 3.8) is 0 Å². The van der Waals surface area contributed by atoms with E-state index in [1.54, 1.807) is 7.05 Å². The van der Waals surface area contributed by atoms with Crippen LogP contribution in [0, 0.1) is 0 Å². The second-order valence-electron chi connectivity index (χ2n) is 4.43. The molecule has 94 valence electrons. The van der Waals surface area contributed by atoms with Gasteiger partial charge in [-0.1, -0.05) is 0 Å². The predicted octanol–water partition coefficient (Wildman–Crippen LogP) is 0.262. The molecule has 6 nitrogen and oxygen atoms in total. The van der Waals surface area contributed by atoms with Crippen molar-refractivity contribution < 1.29 is 19.8 Å². The molecule has 0 aliphatic carbocycles. The summed E-state index contributed by atoms with van der Waals surface area (Å²) in [5, 5.41) is 20.7. The third kappa shape index (κ3) is 5.55. The van der Waals surface area contributed by atoms with Crippen LogP contribution in [0.1, 0.15) is 27.2 Å². The van der Waals surface area contributed by atoms with Gasteiger partial charge in [0.1, 0.15) is 0 Å². The highest BCUT2D eigenvalue weighted by Crippen LogP contribution is 2.07. The van der Waals surface area contributed by atoms with Crippen LogP contribution in [0.4, 0.5) is 4.79 Å². The van der Waals surface area contributed by atoms with Crippen molar-refractivity contribution in [2.75, 3.05) is 13.6 Å². The van der Waals surface area contributed by atoms with Gasteiger partial charge in [0.05, 0.1) is 12.0 Å². The van der Waals surface area contributed by atoms with Crippen molar-refractivity contribution in [3.8, 4) is 0 Å². The maximum atomic E-state index is 11.5. The number of carboxylic acid groups (broad SMARTS) is 1. The molecular formula is C10H20N2O4. The first kappa shape index (κ1) is 14.7. The third-order valence-corrected chi connectivity index (χ3v) is 2.25. The lowest BCUT2D eigenvalue weighted by molar-refractivity contribution is -0.141. The topological polar surface area (TPSA) is 89.9 Å². The minimum atomic E-state index is -1.43. The van der Waals surface area contributed by atoms with Gasteiger partial charge in [-0.2, -0.15) is 0 Å². The fourth-order valence-electron chi connectivity index (χ4n) is 1.01. The molecule has 0 saturated carbocycles. The minimum Gasteiger partial charge on any atom is -0.481 e. The van der Waals surface area contributed by atoms with Crippen molar-refractivity contribution in [1.82, 2.24) is 10.2 Å². The molecule has 2 amide bonds. The van der Waals surface area contributed by atoms with E-state index in [-0.39, 0.29) is 18.6 Å². The number of rotatable bonds is 5. The number of nitrogens with zero attached hydrogens (tertiary/aromatic N) is 1. The van der Waals surface area contributed by atoms with E-state index in [1.807, 2.05) is 13.8 Å². The fourth-order valence-corrected chi connectivity index (χ4v) is 1.01. The maximum absolute atomic E-state index is 11.5. The molecule has 0 aromatic rings. The monoisotopic (exact) mass is 232 g/mol. The summed E-state index contributed by atoms with van der Waals surface area (Å²) >= 11 is 0. The Kier molecular flexibility index (Phi) is 5.23. The first-order chi connectivity index (χ1) is 7.15. The second-order valence-corrected chi connectivity index (χ2v) is 4.43. The van der Waals surface area contributed by atoms with E-state index in [0.29, 0.717) is 0 Å². The van der Waals surface area contributed by atoms with E-state index in [9.17, 15) is 14.7 Å². The number of hydrogen-bond acceptors (Lipinski definition) is 3. The Morgan fingerprint density at radius 2 is 1.94 bits per heavy atom. The number of hydrogen-bond donors (Lipinski definition) is 3. The van der Waals surface area contributed by atoms with Gasteiger partial charge >= 0.3 is 12.0 Å². The van der Waals surface area contributed by atoms with Crippen LogP contribution in [0.25, 0.3) is 0 Å². The highest BCUT2D eigenvalue weighted by molar-refractivity contribution is 5.74. The largest absolute Gasteiger partial charge is 0.481 e. The third-order valence-electron chi connectivity index (χ3n) is 2.25. The summed E-state index contributed by atoms with van der Waals surface area (Å²) in [7, 11) is 1.63. The van der Waals surface area contributed by atoms with Gasteiger partial charge in [-0.05, 0) is 20.8 Å². The zero-order valence-electron chi connectivity index (χ0n) is 10.1. The molecular weight excluding hydrogens is 212 g/mol. The molecule has 0 heterocycles. The van der Waals surface area contributed by atoms with Crippen LogP contribution in [-0.2, 0) is 4.79 Å². The molecule has 0 radical (unpaired) electrons. The first-order valence-electron chi connectivity index (χ1n) is 5.10. The lowest BCUT2D eigenvalue weighted by Crippen LogP contribution is -2.47. The molecule has 0 aliphatic heterocycles. The summed E-state index contributed by atoms with van der Waals surface area (Å²) in [4.78, 5) is 23.4. The summed E-state index contributed by atoms with van der Waals surface area (Å²) in [5.41, 5.74) is -1.43. The van der Waals surface area contributed by atoms with E-state index < -0.39 is 18.0 Å². The molecule has 0 saturated heterocycles. The molecule has 1 atom stereocenters. The van der Waals surface area contributed by atoms with Crippen LogP contribution in [0.5, 0.6) is 0 Å². The Morgan fingerprint density at radius 1 is 1.44 bits per heavy atom. The van der Waals surface area contributed by atoms with E-state index in [4.69, 9.17) is 5.11 Å². The number of urea groups is 1. The Bertz CT molecular complexity index is 264. The zero-order chi connectivity index (χ0) is 12.9.